The molecular weight excluding hydrogens is 238 g/mol. The standard InChI is InChI=1S/C16H21NO2/c1-3-12(4-2)16(19)13-7-9-14(10-8-13)17-11-5-6-15(17)18/h7-10,12H,3-6,11H2,1-2H3. The smallest absolute Gasteiger partial charge is 0.227 e. The highest BCUT2D eigenvalue weighted by molar-refractivity contribution is 5.99. The largest absolute Gasteiger partial charge is 0.312 e. The number of hydrogen-bond donors (Lipinski definition) is 0. The zero-order valence-corrected chi connectivity index (χ0v) is 11.7. The number of hydrogen-bond acceptors (Lipinski definition) is 2. The minimum Gasteiger partial charge on any atom is -0.312 e. The lowest BCUT2D eigenvalue weighted by Crippen LogP contribution is -2.23. The molecule has 0 aliphatic carbocycles. The van der Waals surface area contributed by atoms with Crippen LogP contribution < -0.4 is 4.90 Å². The Morgan fingerprint density at radius 2 is 1.84 bits per heavy atom. The van der Waals surface area contributed by atoms with E-state index in [1.807, 2.05) is 38.1 Å². The second-order valence-corrected chi connectivity index (χ2v) is 5.07. The Morgan fingerprint density at radius 3 is 2.32 bits per heavy atom. The third kappa shape index (κ3) is 2.86. The van der Waals surface area contributed by atoms with E-state index < -0.39 is 0 Å². The van der Waals surface area contributed by atoms with Crippen molar-refractivity contribution >= 4 is 17.4 Å². The van der Waals surface area contributed by atoms with Crippen molar-refractivity contribution in [2.75, 3.05) is 11.4 Å². The number of nitrogens with zero attached hydrogens (tertiary/aromatic N) is 1. The number of carbonyl (C=O) groups is 2. The SMILES string of the molecule is CCC(CC)C(=O)c1ccc(N2CCCC2=O)cc1. The minimum absolute atomic E-state index is 0.110. The van der Waals surface area contributed by atoms with Gasteiger partial charge >= 0.3 is 0 Å². The molecule has 1 aromatic carbocycles. The normalized spacial score (nSPS) is 15.3. The molecule has 1 aliphatic heterocycles. The molecule has 1 aliphatic rings. The fraction of sp³-hybridized carbons (Fsp3) is 0.500. The number of ketones is 1. The number of benzene rings is 1. The molecule has 1 fully saturated rings. The van der Waals surface area contributed by atoms with E-state index >= 15 is 0 Å². The van der Waals surface area contributed by atoms with Crippen LogP contribution in [0.4, 0.5) is 5.69 Å². The first-order chi connectivity index (χ1) is 9.17. The molecule has 0 unspecified atom stereocenters. The van der Waals surface area contributed by atoms with Gasteiger partial charge < -0.3 is 4.90 Å². The quantitative estimate of drug-likeness (QED) is 0.760. The number of Topliss-reactive ketones (excluding diaryl/α,β-unsaturated/α-hetero) is 1. The van der Waals surface area contributed by atoms with Gasteiger partial charge in [-0.15, -0.1) is 0 Å². The summed E-state index contributed by atoms with van der Waals surface area (Å²) in [6, 6.07) is 7.47. The Bertz CT molecular complexity index is 460. The van der Waals surface area contributed by atoms with Gasteiger partial charge in [-0.2, -0.15) is 0 Å². The molecule has 2 rings (SSSR count). The zero-order valence-electron chi connectivity index (χ0n) is 11.7. The van der Waals surface area contributed by atoms with Crippen molar-refractivity contribution in [2.45, 2.75) is 39.5 Å². The van der Waals surface area contributed by atoms with Gasteiger partial charge in [0.1, 0.15) is 0 Å². The van der Waals surface area contributed by atoms with Gasteiger partial charge in [0.2, 0.25) is 5.91 Å². The van der Waals surface area contributed by atoms with Crippen LogP contribution in [0, 0.1) is 5.92 Å². The Morgan fingerprint density at radius 1 is 1.21 bits per heavy atom. The highest BCUT2D eigenvalue weighted by Gasteiger charge is 2.22. The number of amides is 1. The van der Waals surface area contributed by atoms with Crippen LogP contribution in [0.3, 0.4) is 0 Å². The molecule has 0 spiro atoms. The van der Waals surface area contributed by atoms with Gasteiger partial charge in [-0.05, 0) is 43.5 Å². The van der Waals surface area contributed by atoms with Gasteiger partial charge in [-0.25, -0.2) is 0 Å². The molecular formula is C16H21NO2. The van der Waals surface area contributed by atoms with E-state index in [0.717, 1.165) is 37.1 Å². The van der Waals surface area contributed by atoms with Crippen molar-refractivity contribution in [1.82, 2.24) is 0 Å². The zero-order chi connectivity index (χ0) is 13.8. The van der Waals surface area contributed by atoms with E-state index in [-0.39, 0.29) is 17.6 Å². The fourth-order valence-electron chi connectivity index (χ4n) is 2.62. The monoisotopic (exact) mass is 259 g/mol. The van der Waals surface area contributed by atoms with E-state index in [1.165, 1.54) is 0 Å². The first-order valence-electron chi connectivity index (χ1n) is 7.12. The van der Waals surface area contributed by atoms with Crippen LogP contribution in [0.15, 0.2) is 24.3 Å². The molecule has 3 heteroatoms. The molecule has 0 saturated carbocycles. The third-order valence-electron chi connectivity index (χ3n) is 3.89. The second-order valence-electron chi connectivity index (χ2n) is 5.07. The van der Waals surface area contributed by atoms with Gasteiger partial charge in [0.25, 0.3) is 0 Å². The Kier molecular flexibility index (Phi) is 4.35. The summed E-state index contributed by atoms with van der Waals surface area (Å²) in [4.78, 5) is 25.7. The molecule has 0 bridgehead atoms. The Balaban J connectivity index is 2.14. The van der Waals surface area contributed by atoms with E-state index in [9.17, 15) is 9.59 Å². The predicted octanol–water partition coefficient (Wildman–Crippen LogP) is 3.43. The van der Waals surface area contributed by atoms with Crippen LogP contribution >= 0.6 is 0 Å². The minimum atomic E-state index is 0.110. The highest BCUT2D eigenvalue weighted by Crippen LogP contribution is 2.23. The Labute approximate surface area is 114 Å². The molecule has 1 heterocycles. The van der Waals surface area contributed by atoms with E-state index in [4.69, 9.17) is 0 Å². The topological polar surface area (TPSA) is 37.4 Å². The lowest BCUT2D eigenvalue weighted by atomic mass is 9.93. The molecule has 0 radical (unpaired) electrons. The molecule has 3 nitrogen and oxygen atoms in total. The van der Waals surface area contributed by atoms with Crippen molar-refractivity contribution in [3.8, 4) is 0 Å². The summed E-state index contributed by atoms with van der Waals surface area (Å²) in [5.74, 6) is 0.502. The third-order valence-corrected chi connectivity index (χ3v) is 3.89. The average Bonchev–Trinajstić information content (AvgIpc) is 2.86. The second kappa shape index (κ2) is 6.00. The van der Waals surface area contributed by atoms with Gasteiger partial charge in [-0.3, -0.25) is 9.59 Å². The van der Waals surface area contributed by atoms with Crippen LogP contribution in [0.2, 0.25) is 0 Å². The molecule has 0 aromatic heterocycles. The maximum Gasteiger partial charge on any atom is 0.227 e. The van der Waals surface area contributed by atoms with E-state index in [0.29, 0.717) is 6.42 Å². The lowest BCUT2D eigenvalue weighted by molar-refractivity contribution is -0.117. The molecule has 0 atom stereocenters. The van der Waals surface area contributed by atoms with Gasteiger partial charge in [0.05, 0.1) is 0 Å². The summed E-state index contributed by atoms with van der Waals surface area (Å²) in [7, 11) is 0. The van der Waals surface area contributed by atoms with E-state index in [1.54, 1.807) is 4.90 Å². The predicted molar refractivity (Wildman–Crippen MR) is 76.4 cm³/mol. The maximum absolute atomic E-state index is 12.2. The molecule has 19 heavy (non-hydrogen) atoms. The van der Waals surface area contributed by atoms with Crippen molar-refractivity contribution in [3.63, 3.8) is 0 Å². The number of carbonyl (C=O) groups excluding carboxylic acids is 2. The summed E-state index contributed by atoms with van der Waals surface area (Å²) in [6.45, 7) is 4.88. The highest BCUT2D eigenvalue weighted by atomic mass is 16.2. The Hall–Kier alpha value is -1.64. The average molecular weight is 259 g/mol. The molecule has 1 aromatic rings. The van der Waals surface area contributed by atoms with Crippen LogP contribution in [0.1, 0.15) is 49.9 Å². The summed E-state index contributed by atoms with van der Waals surface area (Å²) >= 11 is 0. The van der Waals surface area contributed by atoms with Crippen molar-refractivity contribution in [2.24, 2.45) is 5.92 Å². The molecule has 102 valence electrons. The first-order valence-corrected chi connectivity index (χ1v) is 7.12. The van der Waals surface area contributed by atoms with Crippen LogP contribution in [-0.2, 0) is 4.79 Å². The van der Waals surface area contributed by atoms with E-state index in [2.05, 4.69) is 0 Å². The van der Waals surface area contributed by atoms with Crippen LogP contribution in [0.25, 0.3) is 0 Å². The lowest BCUT2D eigenvalue weighted by Gasteiger charge is -2.16. The fourth-order valence-corrected chi connectivity index (χ4v) is 2.62. The molecule has 0 N–H and O–H groups in total. The maximum atomic E-state index is 12.2. The molecule has 1 saturated heterocycles. The molecule has 1 amide bonds. The first kappa shape index (κ1) is 13.8. The summed E-state index contributed by atoms with van der Waals surface area (Å²) < 4.78 is 0. The summed E-state index contributed by atoms with van der Waals surface area (Å²) in [5, 5.41) is 0. The summed E-state index contributed by atoms with van der Waals surface area (Å²) in [6.07, 6.45) is 3.31. The number of anilines is 1. The van der Waals surface area contributed by atoms with Crippen molar-refractivity contribution < 1.29 is 9.59 Å². The van der Waals surface area contributed by atoms with Gasteiger partial charge in [0.15, 0.2) is 5.78 Å². The van der Waals surface area contributed by atoms with Crippen molar-refractivity contribution in [1.29, 1.82) is 0 Å². The van der Waals surface area contributed by atoms with Crippen molar-refractivity contribution in [3.05, 3.63) is 29.8 Å². The van der Waals surface area contributed by atoms with Gasteiger partial charge in [0, 0.05) is 30.1 Å². The van der Waals surface area contributed by atoms with Crippen LogP contribution in [0.5, 0.6) is 0 Å². The van der Waals surface area contributed by atoms with Crippen LogP contribution in [-0.4, -0.2) is 18.2 Å². The number of rotatable bonds is 5. The summed E-state index contributed by atoms with van der Waals surface area (Å²) in [5.41, 5.74) is 1.66. The van der Waals surface area contributed by atoms with Gasteiger partial charge in [-0.1, -0.05) is 13.8 Å².